The van der Waals surface area contributed by atoms with E-state index in [9.17, 15) is 14.7 Å². The van der Waals surface area contributed by atoms with Crippen molar-refractivity contribution < 1.29 is 24.1 Å². The van der Waals surface area contributed by atoms with Crippen LogP contribution in [0.5, 0.6) is 11.5 Å². The molecule has 0 saturated heterocycles. The number of benzene rings is 1. The summed E-state index contributed by atoms with van der Waals surface area (Å²) in [6, 6.07) is 5.16. The van der Waals surface area contributed by atoms with Crippen molar-refractivity contribution in [2.75, 3.05) is 21.3 Å². The zero-order valence-corrected chi connectivity index (χ0v) is 15.1. The maximum absolute atomic E-state index is 12.5. The molecule has 1 aliphatic rings. The summed E-state index contributed by atoms with van der Waals surface area (Å²) in [6.07, 6.45) is 0.130. The Morgan fingerprint density at radius 2 is 1.88 bits per heavy atom. The fraction of sp³-hybridized carbons (Fsp3) is 0.444. The van der Waals surface area contributed by atoms with Crippen LogP contribution in [0.4, 0.5) is 0 Å². The van der Waals surface area contributed by atoms with Gasteiger partial charge in [0.05, 0.1) is 32.8 Å². The molecule has 0 amide bonds. The van der Waals surface area contributed by atoms with Crippen molar-refractivity contribution >= 4 is 5.97 Å². The number of ether oxygens (including phenoxy) is 3. The number of esters is 1. The second-order valence-corrected chi connectivity index (χ2v) is 6.60. The van der Waals surface area contributed by atoms with Crippen molar-refractivity contribution in [2.24, 2.45) is 5.92 Å². The molecule has 3 atom stereocenters. The summed E-state index contributed by atoms with van der Waals surface area (Å²) in [7, 11) is 4.29. The van der Waals surface area contributed by atoms with Crippen LogP contribution in [0.15, 0.2) is 23.0 Å². The normalized spacial score (nSPS) is 24.7. The van der Waals surface area contributed by atoms with Crippen molar-refractivity contribution in [1.29, 1.82) is 0 Å². The van der Waals surface area contributed by atoms with E-state index in [4.69, 9.17) is 14.2 Å². The summed E-state index contributed by atoms with van der Waals surface area (Å²) >= 11 is 0. The Morgan fingerprint density at radius 3 is 2.50 bits per heavy atom. The molecule has 2 aromatic rings. The topological polar surface area (TPSA) is 114 Å². The summed E-state index contributed by atoms with van der Waals surface area (Å²) in [5, 5.41) is 16.3. The van der Waals surface area contributed by atoms with E-state index in [2.05, 4.69) is 10.2 Å². The van der Waals surface area contributed by atoms with Gasteiger partial charge in [0.25, 0.3) is 5.56 Å². The van der Waals surface area contributed by atoms with E-state index in [-0.39, 0.29) is 12.0 Å². The van der Waals surface area contributed by atoms with Gasteiger partial charge in [-0.25, -0.2) is 0 Å². The van der Waals surface area contributed by atoms with Crippen LogP contribution in [0, 0.1) is 5.92 Å². The molecule has 1 heterocycles. The number of nitrogens with one attached hydrogen (secondary N) is 2. The van der Waals surface area contributed by atoms with E-state index in [0.29, 0.717) is 28.3 Å². The van der Waals surface area contributed by atoms with Crippen molar-refractivity contribution in [1.82, 2.24) is 10.2 Å². The van der Waals surface area contributed by atoms with Gasteiger partial charge in [0.15, 0.2) is 11.5 Å². The number of aromatic nitrogens is 2. The Hall–Kier alpha value is -2.74. The van der Waals surface area contributed by atoms with Crippen molar-refractivity contribution in [2.45, 2.75) is 24.9 Å². The van der Waals surface area contributed by atoms with Gasteiger partial charge in [-0.2, -0.15) is 0 Å². The van der Waals surface area contributed by atoms with Gasteiger partial charge in [0.2, 0.25) is 0 Å². The minimum Gasteiger partial charge on any atom is -0.493 e. The molecule has 3 rings (SSSR count). The van der Waals surface area contributed by atoms with Crippen LogP contribution in [0.2, 0.25) is 0 Å². The van der Waals surface area contributed by atoms with Crippen molar-refractivity contribution in [3.05, 3.63) is 45.4 Å². The molecule has 140 valence electrons. The van der Waals surface area contributed by atoms with Gasteiger partial charge < -0.3 is 24.4 Å². The van der Waals surface area contributed by atoms with Crippen LogP contribution in [0.3, 0.4) is 0 Å². The molecule has 1 aromatic carbocycles. The predicted octanol–water partition coefficient (Wildman–Crippen LogP) is 0.948. The van der Waals surface area contributed by atoms with Crippen molar-refractivity contribution in [3.8, 4) is 11.5 Å². The lowest BCUT2D eigenvalue weighted by molar-refractivity contribution is -0.156. The largest absolute Gasteiger partial charge is 0.493 e. The lowest BCUT2D eigenvalue weighted by Gasteiger charge is -2.40. The zero-order chi connectivity index (χ0) is 19.1. The number of carbonyl (C=O) groups is 1. The first-order valence-electron chi connectivity index (χ1n) is 8.15. The zero-order valence-electron chi connectivity index (χ0n) is 15.1. The molecule has 1 aromatic heterocycles. The van der Waals surface area contributed by atoms with Gasteiger partial charge in [0, 0.05) is 23.6 Å². The predicted molar refractivity (Wildman–Crippen MR) is 92.6 cm³/mol. The summed E-state index contributed by atoms with van der Waals surface area (Å²) in [5.41, 5.74) is -0.101. The maximum Gasteiger partial charge on any atom is 0.312 e. The number of fused-ring (bicyclic) bond motifs is 1. The molecular weight excluding hydrogens is 340 g/mol. The Bertz CT molecular complexity index is 882. The van der Waals surface area contributed by atoms with Gasteiger partial charge in [-0.15, -0.1) is 0 Å². The molecule has 3 N–H and O–H groups in total. The van der Waals surface area contributed by atoms with Gasteiger partial charge in [-0.3, -0.25) is 14.7 Å². The maximum atomic E-state index is 12.5. The minimum absolute atomic E-state index is 0.130. The van der Waals surface area contributed by atoms with Crippen LogP contribution < -0.4 is 15.0 Å². The van der Waals surface area contributed by atoms with Crippen LogP contribution in [0.25, 0.3) is 0 Å². The first-order valence-corrected chi connectivity index (χ1v) is 8.15. The molecule has 0 fully saturated rings. The number of methoxy groups -OCH3 is 3. The van der Waals surface area contributed by atoms with Gasteiger partial charge in [-0.05, 0) is 24.6 Å². The molecule has 8 nitrogen and oxygen atoms in total. The fourth-order valence-electron chi connectivity index (χ4n) is 3.79. The summed E-state index contributed by atoms with van der Waals surface area (Å²) < 4.78 is 15.5. The third kappa shape index (κ3) is 2.76. The Balaban J connectivity index is 2.25. The molecule has 0 aliphatic heterocycles. The lowest BCUT2D eigenvalue weighted by Crippen LogP contribution is -2.49. The smallest absolute Gasteiger partial charge is 0.312 e. The number of rotatable bonds is 4. The van der Waals surface area contributed by atoms with E-state index < -0.39 is 23.4 Å². The lowest BCUT2D eigenvalue weighted by atomic mass is 9.66. The van der Waals surface area contributed by atoms with Crippen LogP contribution in [-0.4, -0.2) is 48.2 Å². The summed E-state index contributed by atoms with van der Waals surface area (Å²) in [4.78, 5) is 24.9. The van der Waals surface area contributed by atoms with Crippen LogP contribution in [0.1, 0.15) is 29.7 Å². The number of aliphatic hydroxyl groups is 1. The molecule has 0 saturated carbocycles. The number of hydrogen-bond acceptors (Lipinski definition) is 6. The van der Waals surface area contributed by atoms with Crippen molar-refractivity contribution in [3.63, 3.8) is 0 Å². The highest BCUT2D eigenvalue weighted by molar-refractivity contribution is 5.77. The molecule has 0 bridgehead atoms. The monoisotopic (exact) mass is 362 g/mol. The van der Waals surface area contributed by atoms with E-state index in [1.165, 1.54) is 21.3 Å². The van der Waals surface area contributed by atoms with E-state index in [1.807, 2.05) is 0 Å². The van der Waals surface area contributed by atoms with Gasteiger partial charge in [-0.1, -0.05) is 6.07 Å². The Kier molecular flexibility index (Phi) is 4.53. The van der Waals surface area contributed by atoms with Gasteiger partial charge >= 0.3 is 5.97 Å². The number of H-pyrrole nitrogens is 2. The second kappa shape index (κ2) is 6.53. The molecule has 0 spiro atoms. The molecule has 0 unspecified atom stereocenters. The average Bonchev–Trinajstić information content (AvgIpc) is 2.98. The number of hydrogen-bond donors (Lipinski definition) is 3. The third-order valence-corrected chi connectivity index (χ3v) is 4.97. The molecule has 1 aliphatic carbocycles. The Morgan fingerprint density at radius 1 is 1.19 bits per heavy atom. The molecule has 8 heteroatoms. The second-order valence-electron chi connectivity index (χ2n) is 6.60. The minimum atomic E-state index is -1.40. The van der Waals surface area contributed by atoms with E-state index >= 15 is 0 Å². The highest BCUT2D eigenvalue weighted by Gasteiger charge is 2.51. The average molecular weight is 362 g/mol. The number of aromatic amines is 2. The van der Waals surface area contributed by atoms with E-state index in [0.717, 1.165) is 0 Å². The first kappa shape index (κ1) is 18.1. The fourth-order valence-corrected chi connectivity index (χ4v) is 3.79. The molecule has 0 radical (unpaired) electrons. The molecular formula is C18H22N2O6. The first-order chi connectivity index (χ1) is 12.3. The standard InChI is InChI=1S/C18H22N2O6/c1-18(23)8-10-14(16(21)20-19-10)13(15(18)17(22)26-4)9-5-6-11(24-2)12(7-9)25-3/h5-7,13,15,23H,8H2,1-4H3,(H2,19,20,21)/t13-,15-,18-/m1/s1. The SMILES string of the molecule is COC(=O)[C@H]1[C@H](c2ccc(OC)c(OC)c2)c2c([nH][nH]c2=O)C[C@@]1(C)O. The highest BCUT2D eigenvalue weighted by atomic mass is 16.5. The summed E-state index contributed by atoms with van der Waals surface area (Å²) in [5.74, 6) is -1.24. The Labute approximate surface area is 150 Å². The summed E-state index contributed by atoms with van der Waals surface area (Å²) in [6.45, 7) is 1.57. The molecule has 26 heavy (non-hydrogen) atoms. The van der Waals surface area contributed by atoms with Crippen LogP contribution >= 0.6 is 0 Å². The highest BCUT2D eigenvalue weighted by Crippen LogP contribution is 2.45. The third-order valence-electron chi connectivity index (χ3n) is 4.97. The van der Waals surface area contributed by atoms with Crippen LogP contribution in [-0.2, 0) is 16.0 Å². The quantitative estimate of drug-likeness (QED) is 0.698. The number of carbonyl (C=O) groups excluding carboxylic acids is 1. The van der Waals surface area contributed by atoms with Gasteiger partial charge in [0.1, 0.15) is 0 Å². The van der Waals surface area contributed by atoms with E-state index in [1.54, 1.807) is 25.1 Å².